The molecule has 186 valence electrons. The number of pyridine rings is 1. The van der Waals surface area contributed by atoms with Gasteiger partial charge in [0.2, 0.25) is 5.91 Å². The maximum Gasteiger partial charge on any atom is 0.217 e. The van der Waals surface area contributed by atoms with E-state index < -0.39 is 0 Å². The Morgan fingerprint density at radius 1 is 1.22 bits per heavy atom. The first-order chi connectivity index (χ1) is 17.3. The van der Waals surface area contributed by atoms with Crippen molar-refractivity contribution in [2.45, 2.75) is 46.7 Å². The third kappa shape index (κ3) is 4.81. The Labute approximate surface area is 213 Å². The average Bonchev–Trinajstić information content (AvgIpc) is 3.07. The third-order valence-corrected chi connectivity index (χ3v) is 6.98. The molecule has 0 radical (unpaired) electrons. The summed E-state index contributed by atoms with van der Waals surface area (Å²) in [4.78, 5) is 33.0. The number of rotatable bonds is 5. The molecule has 4 aromatic rings. The van der Waals surface area contributed by atoms with Gasteiger partial charge in [-0.25, -0.2) is 19.9 Å². The Balaban J connectivity index is 1.51. The fourth-order valence-corrected chi connectivity index (χ4v) is 5.23. The van der Waals surface area contributed by atoms with Crippen LogP contribution in [0.4, 0.5) is 10.9 Å². The summed E-state index contributed by atoms with van der Waals surface area (Å²) in [5.41, 5.74) is 11.8. The molecular formula is C26H29N7O2S. The lowest BCUT2D eigenvalue weighted by Crippen LogP contribution is -2.29. The number of amides is 1. The standard InChI is InChI=1S/C26H29N7O2S/c1-14(2)23-15(3)30-22(12-28-16(4)34)32-24(23)33-7-8-35-21-6-5-17(9-19(21)13-33)18-10-20-25(29-11-18)36-26(27)31-20/h5-6,9-11,14H,7-8,12-13H2,1-4H3,(H2,27,31)(H,28,34). The molecule has 3 aromatic heterocycles. The van der Waals surface area contributed by atoms with Crippen LogP contribution in [0.5, 0.6) is 5.75 Å². The smallest absolute Gasteiger partial charge is 0.217 e. The van der Waals surface area contributed by atoms with Gasteiger partial charge in [0.05, 0.1) is 13.1 Å². The van der Waals surface area contributed by atoms with Crippen LogP contribution in [0, 0.1) is 6.92 Å². The number of fused-ring (bicyclic) bond motifs is 2. The van der Waals surface area contributed by atoms with Gasteiger partial charge < -0.3 is 20.7 Å². The predicted octanol–water partition coefficient (Wildman–Crippen LogP) is 4.20. The average molecular weight is 504 g/mol. The molecule has 0 unspecified atom stereocenters. The summed E-state index contributed by atoms with van der Waals surface area (Å²) in [6.45, 7) is 9.96. The van der Waals surface area contributed by atoms with Crippen molar-refractivity contribution in [3.05, 3.63) is 53.1 Å². The van der Waals surface area contributed by atoms with Crippen molar-refractivity contribution >= 4 is 38.5 Å². The Bertz CT molecular complexity index is 1450. The molecule has 0 saturated heterocycles. The van der Waals surface area contributed by atoms with E-state index in [1.165, 1.54) is 18.3 Å². The van der Waals surface area contributed by atoms with Crippen LogP contribution in [0.1, 0.15) is 49.3 Å². The summed E-state index contributed by atoms with van der Waals surface area (Å²) in [5, 5.41) is 3.32. The third-order valence-electron chi connectivity index (χ3n) is 6.17. The highest BCUT2D eigenvalue weighted by atomic mass is 32.1. The van der Waals surface area contributed by atoms with E-state index in [0.29, 0.717) is 37.2 Å². The van der Waals surface area contributed by atoms with E-state index in [-0.39, 0.29) is 11.8 Å². The minimum Gasteiger partial charge on any atom is -0.491 e. The van der Waals surface area contributed by atoms with Crippen molar-refractivity contribution in [3.63, 3.8) is 0 Å². The van der Waals surface area contributed by atoms with E-state index in [0.717, 1.165) is 49.9 Å². The molecule has 0 atom stereocenters. The second-order valence-electron chi connectivity index (χ2n) is 9.22. The maximum atomic E-state index is 11.5. The fraction of sp³-hybridized carbons (Fsp3) is 0.346. The first-order valence-corrected chi connectivity index (χ1v) is 12.7. The quantitative estimate of drug-likeness (QED) is 0.416. The van der Waals surface area contributed by atoms with Gasteiger partial charge in [-0.15, -0.1) is 0 Å². The van der Waals surface area contributed by atoms with Crippen LogP contribution in [0.25, 0.3) is 21.5 Å². The van der Waals surface area contributed by atoms with Crippen LogP contribution < -0.4 is 20.7 Å². The molecule has 1 amide bonds. The van der Waals surface area contributed by atoms with Crippen LogP contribution in [0.2, 0.25) is 0 Å². The summed E-state index contributed by atoms with van der Waals surface area (Å²) in [5.74, 6) is 2.49. The number of hydrogen-bond donors (Lipinski definition) is 2. The number of aromatic nitrogens is 4. The molecule has 0 spiro atoms. The SMILES string of the molecule is CC(=O)NCc1nc(C)c(C(C)C)c(N2CCOc3ccc(-c4cnc5sc(N)nc5c4)cc3C2)n1. The van der Waals surface area contributed by atoms with Crippen molar-refractivity contribution in [2.24, 2.45) is 0 Å². The highest BCUT2D eigenvalue weighted by Gasteiger charge is 2.24. The molecule has 0 fully saturated rings. The molecule has 0 bridgehead atoms. The fourth-order valence-electron chi connectivity index (χ4n) is 4.58. The van der Waals surface area contributed by atoms with E-state index in [1.54, 1.807) is 0 Å². The van der Waals surface area contributed by atoms with Gasteiger partial charge in [-0.05, 0) is 36.6 Å². The summed E-state index contributed by atoms with van der Waals surface area (Å²) >= 11 is 1.38. The number of nitrogens with zero attached hydrogens (tertiary/aromatic N) is 5. The summed E-state index contributed by atoms with van der Waals surface area (Å²) in [7, 11) is 0. The maximum absolute atomic E-state index is 11.5. The number of carbonyl (C=O) groups excluding carboxylic acids is 1. The molecule has 1 aliphatic heterocycles. The largest absolute Gasteiger partial charge is 0.491 e. The van der Waals surface area contributed by atoms with Crippen molar-refractivity contribution in [1.82, 2.24) is 25.3 Å². The second kappa shape index (κ2) is 9.69. The number of aryl methyl sites for hydroxylation is 1. The Kier molecular flexibility index (Phi) is 6.44. The Morgan fingerprint density at radius 3 is 2.83 bits per heavy atom. The predicted molar refractivity (Wildman–Crippen MR) is 142 cm³/mol. The number of ether oxygens (including phenoxy) is 1. The number of anilines is 2. The second-order valence-corrected chi connectivity index (χ2v) is 10.2. The summed E-state index contributed by atoms with van der Waals surface area (Å²) in [6, 6.07) is 8.23. The van der Waals surface area contributed by atoms with E-state index >= 15 is 0 Å². The van der Waals surface area contributed by atoms with Gasteiger partial charge in [0.1, 0.15) is 34.3 Å². The molecule has 3 N–H and O–H groups in total. The molecular weight excluding hydrogens is 474 g/mol. The minimum atomic E-state index is -0.108. The first-order valence-electron chi connectivity index (χ1n) is 11.9. The Hall–Kier alpha value is -3.79. The summed E-state index contributed by atoms with van der Waals surface area (Å²) < 4.78 is 6.12. The molecule has 10 heteroatoms. The number of carbonyl (C=O) groups is 1. The minimum absolute atomic E-state index is 0.108. The number of hydrogen-bond acceptors (Lipinski definition) is 9. The zero-order valence-corrected chi connectivity index (χ0v) is 21.6. The molecule has 0 saturated carbocycles. The normalized spacial score (nSPS) is 13.4. The molecule has 0 aliphatic carbocycles. The molecule has 4 heterocycles. The molecule has 1 aromatic carbocycles. The van der Waals surface area contributed by atoms with Gasteiger partial charge >= 0.3 is 0 Å². The Morgan fingerprint density at radius 2 is 2.06 bits per heavy atom. The van der Waals surface area contributed by atoms with Crippen LogP contribution in [0.15, 0.2) is 30.5 Å². The molecule has 1 aliphatic rings. The summed E-state index contributed by atoms with van der Waals surface area (Å²) in [6.07, 6.45) is 1.86. The van der Waals surface area contributed by atoms with Gasteiger partial charge in [-0.2, -0.15) is 0 Å². The number of benzene rings is 1. The number of nitrogens with one attached hydrogen (secondary N) is 1. The lowest BCUT2D eigenvalue weighted by Gasteiger charge is -2.26. The molecule has 9 nitrogen and oxygen atoms in total. The van der Waals surface area contributed by atoms with E-state index in [1.807, 2.05) is 31.3 Å². The number of thiazole rings is 1. The highest BCUT2D eigenvalue weighted by Crippen LogP contribution is 2.35. The van der Waals surface area contributed by atoms with Gasteiger partial charge in [-0.1, -0.05) is 31.3 Å². The van der Waals surface area contributed by atoms with Crippen LogP contribution >= 0.6 is 11.3 Å². The number of nitrogens with two attached hydrogens (primary N) is 1. The highest BCUT2D eigenvalue weighted by molar-refractivity contribution is 7.21. The number of nitrogen functional groups attached to an aromatic ring is 1. The van der Waals surface area contributed by atoms with Crippen molar-refractivity contribution in [1.29, 1.82) is 0 Å². The van der Waals surface area contributed by atoms with Gasteiger partial charge in [-0.3, -0.25) is 4.79 Å². The van der Waals surface area contributed by atoms with Crippen molar-refractivity contribution < 1.29 is 9.53 Å². The van der Waals surface area contributed by atoms with Crippen LogP contribution in [0.3, 0.4) is 0 Å². The van der Waals surface area contributed by atoms with Crippen molar-refractivity contribution in [3.8, 4) is 16.9 Å². The van der Waals surface area contributed by atoms with Crippen LogP contribution in [-0.4, -0.2) is 39.0 Å². The van der Waals surface area contributed by atoms with Gasteiger partial charge in [0.15, 0.2) is 5.13 Å². The lowest BCUT2D eigenvalue weighted by atomic mass is 10.0. The topological polar surface area (TPSA) is 119 Å². The van der Waals surface area contributed by atoms with E-state index in [9.17, 15) is 4.79 Å². The van der Waals surface area contributed by atoms with Gasteiger partial charge in [0.25, 0.3) is 0 Å². The molecule has 36 heavy (non-hydrogen) atoms. The zero-order chi connectivity index (χ0) is 25.4. The van der Waals surface area contributed by atoms with E-state index in [4.69, 9.17) is 15.5 Å². The molecule has 5 rings (SSSR count). The van der Waals surface area contributed by atoms with Gasteiger partial charge in [0, 0.05) is 42.0 Å². The van der Waals surface area contributed by atoms with Crippen LogP contribution in [-0.2, 0) is 17.9 Å². The zero-order valence-electron chi connectivity index (χ0n) is 20.8. The van der Waals surface area contributed by atoms with Crippen molar-refractivity contribution in [2.75, 3.05) is 23.8 Å². The lowest BCUT2D eigenvalue weighted by molar-refractivity contribution is -0.119. The monoisotopic (exact) mass is 503 g/mol. The first kappa shape index (κ1) is 23.9. The van der Waals surface area contributed by atoms with E-state index in [2.05, 4.69) is 45.1 Å².